The first-order valence-corrected chi connectivity index (χ1v) is 2.56. The van der Waals surface area contributed by atoms with Gasteiger partial charge in [0.1, 0.15) is 18.6 Å². The van der Waals surface area contributed by atoms with Crippen molar-refractivity contribution in [3.63, 3.8) is 0 Å². The van der Waals surface area contributed by atoms with Crippen molar-refractivity contribution >= 4 is 12.4 Å². The molecule has 58 valence electrons. The second kappa shape index (κ2) is 4.24. The Bertz CT molecular complexity index is 173. The normalized spacial score (nSPS) is 9.00. The molecule has 5 heteroatoms. The van der Waals surface area contributed by atoms with Gasteiger partial charge in [-0.05, 0) is 0 Å². The largest absolute Gasteiger partial charge is 0.364 e. The Kier molecular flexibility index (Phi) is 3.99. The van der Waals surface area contributed by atoms with Crippen molar-refractivity contribution in [2.75, 3.05) is 0 Å². The van der Waals surface area contributed by atoms with Crippen LogP contribution < -0.4 is 5.73 Å². The molecule has 1 heterocycles. The van der Waals surface area contributed by atoms with Gasteiger partial charge >= 0.3 is 0 Å². The predicted molar refractivity (Wildman–Crippen MR) is 36.5 cm³/mol. The third-order valence-electron chi connectivity index (χ3n) is 1.07. The summed E-state index contributed by atoms with van der Waals surface area (Å²) < 4.78 is 16.3. The van der Waals surface area contributed by atoms with Crippen LogP contribution in [0.4, 0.5) is 4.39 Å². The maximum atomic E-state index is 11.9. The number of hydrogen-bond acceptors (Lipinski definition) is 3. The van der Waals surface area contributed by atoms with Crippen molar-refractivity contribution in [3.05, 3.63) is 17.5 Å². The highest BCUT2D eigenvalue weighted by Gasteiger charge is 2.03. The van der Waals surface area contributed by atoms with Crippen LogP contribution in [-0.4, -0.2) is 5.16 Å². The highest BCUT2D eigenvalue weighted by atomic mass is 35.5. The molecule has 0 atom stereocenters. The minimum absolute atomic E-state index is 0. The number of nitrogens with two attached hydrogens (primary N) is 1. The van der Waals surface area contributed by atoms with Gasteiger partial charge in [-0.25, -0.2) is 4.39 Å². The third kappa shape index (κ3) is 1.68. The van der Waals surface area contributed by atoms with Crippen LogP contribution in [0.25, 0.3) is 0 Å². The Hall–Kier alpha value is -0.610. The number of aromatic nitrogens is 1. The second-order valence-electron chi connectivity index (χ2n) is 1.62. The molecule has 0 aromatic carbocycles. The molecule has 10 heavy (non-hydrogen) atoms. The number of hydrogen-bond donors (Lipinski definition) is 1. The molecule has 0 aliphatic heterocycles. The molecule has 3 nitrogen and oxygen atoms in total. The summed E-state index contributed by atoms with van der Waals surface area (Å²) >= 11 is 0. The molecule has 0 saturated heterocycles. The SMILES string of the molecule is Cl.NCc1nocc1CF. The van der Waals surface area contributed by atoms with E-state index < -0.39 is 6.67 Å². The lowest BCUT2D eigenvalue weighted by Crippen LogP contribution is -1.98. The van der Waals surface area contributed by atoms with Gasteiger partial charge in [-0.1, -0.05) is 5.16 Å². The Balaban J connectivity index is 0.000000810. The van der Waals surface area contributed by atoms with E-state index in [1.54, 1.807) is 0 Å². The smallest absolute Gasteiger partial charge is 0.129 e. The highest BCUT2D eigenvalue weighted by molar-refractivity contribution is 5.85. The van der Waals surface area contributed by atoms with Crippen LogP contribution in [0.3, 0.4) is 0 Å². The van der Waals surface area contributed by atoms with Crippen molar-refractivity contribution in [2.24, 2.45) is 5.73 Å². The fraction of sp³-hybridized carbons (Fsp3) is 0.400. The van der Waals surface area contributed by atoms with E-state index in [0.29, 0.717) is 11.3 Å². The molecule has 0 saturated carbocycles. The van der Waals surface area contributed by atoms with Crippen LogP contribution in [0.15, 0.2) is 10.8 Å². The zero-order valence-corrected chi connectivity index (χ0v) is 6.03. The number of halogens is 2. The first kappa shape index (κ1) is 9.39. The fourth-order valence-electron chi connectivity index (χ4n) is 0.557. The van der Waals surface area contributed by atoms with Crippen LogP contribution >= 0.6 is 12.4 Å². The molecule has 0 spiro atoms. The molecule has 1 rings (SSSR count). The van der Waals surface area contributed by atoms with Crippen molar-refractivity contribution in [3.8, 4) is 0 Å². The quantitative estimate of drug-likeness (QED) is 0.714. The van der Waals surface area contributed by atoms with Crippen LogP contribution in [-0.2, 0) is 13.2 Å². The van der Waals surface area contributed by atoms with Crippen LogP contribution in [0.2, 0.25) is 0 Å². The van der Waals surface area contributed by atoms with Crippen LogP contribution in [0.1, 0.15) is 11.3 Å². The van der Waals surface area contributed by atoms with Gasteiger partial charge in [0, 0.05) is 12.1 Å². The van der Waals surface area contributed by atoms with Crippen LogP contribution in [0.5, 0.6) is 0 Å². The number of rotatable bonds is 2. The Morgan fingerprint density at radius 1 is 1.70 bits per heavy atom. The van der Waals surface area contributed by atoms with Crippen molar-refractivity contribution in [2.45, 2.75) is 13.2 Å². The first-order chi connectivity index (χ1) is 4.38. The molecule has 0 aliphatic rings. The molecule has 2 N–H and O–H groups in total. The molecule has 0 unspecified atom stereocenters. The second-order valence-corrected chi connectivity index (χ2v) is 1.62. The average molecular weight is 167 g/mol. The van der Waals surface area contributed by atoms with Gasteiger partial charge in [0.05, 0.1) is 0 Å². The maximum absolute atomic E-state index is 11.9. The molecular weight excluding hydrogens is 159 g/mol. The first-order valence-electron chi connectivity index (χ1n) is 2.56. The highest BCUT2D eigenvalue weighted by Crippen LogP contribution is 2.06. The minimum Gasteiger partial charge on any atom is -0.364 e. The topological polar surface area (TPSA) is 52.0 Å². The fourth-order valence-corrected chi connectivity index (χ4v) is 0.557. The van der Waals surface area contributed by atoms with Crippen molar-refractivity contribution < 1.29 is 8.91 Å². The monoisotopic (exact) mass is 166 g/mol. The van der Waals surface area contributed by atoms with E-state index in [0.717, 1.165) is 0 Å². The van der Waals surface area contributed by atoms with Gasteiger partial charge in [0.2, 0.25) is 0 Å². The molecule has 1 aromatic heterocycles. The zero-order chi connectivity index (χ0) is 6.69. The van der Waals surface area contributed by atoms with Gasteiger partial charge in [0.25, 0.3) is 0 Å². The van der Waals surface area contributed by atoms with E-state index in [-0.39, 0.29) is 19.0 Å². The molecular formula is C5H8ClFN2O. The summed E-state index contributed by atoms with van der Waals surface area (Å²) in [5.74, 6) is 0. The van der Waals surface area contributed by atoms with Gasteiger partial charge in [-0.2, -0.15) is 0 Å². The minimum atomic E-state index is -0.559. The predicted octanol–water partition coefficient (Wildman–Crippen LogP) is 1.02. The lowest BCUT2D eigenvalue weighted by molar-refractivity contribution is 0.409. The molecule has 0 aliphatic carbocycles. The number of alkyl halides is 1. The van der Waals surface area contributed by atoms with Gasteiger partial charge in [0.15, 0.2) is 0 Å². The van der Waals surface area contributed by atoms with Gasteiger partial charge in [-0.15, -0.1) is 12.4 Å². The molecule has 0 fully saturated rings. The standard InChI is InChI=1S/C5H7FN2O.ClH/c6-1-4-3-9-8-5(4)2-7;/h3H,1-2,7H2;1H. The van der Waals surface area contributed by atoms with E-state index in [1.807, 2.05) is 0 Å². The van der Waals surface area contributed by atoms with Gasteiger partial charge < -0.3 is 10.3 Å². The van der Waals surface area contributed by atoms with E-state index in [2.05, 4.69) is 9.68 Å². The summed E-state index contributed by atoms with van der Waals surface area (Å²) in [6.07, 6.45) is 1.27. The third-order valence-corrected chi connectivity index (χ3v) is 1.07. The molecule has 1 aromatic rings. The van der Waals surface area contributed by atoms with Gasteiger partial charge in [-0.3, -0.25) is 0 Å². The lowest BCUT2D eigenvalue weighted by Gasteiger charge is -1.86. The van der Waals surface area contributed by atoms with E-state index in [1.165, 1.54) is 6.26 Å². The van der Waals surface area contributed by atoms with E-state index in [4.69, 9.17) is 5.73 Å². The summed E-state index contributed by atoms with van der Waals surface area (Å²) in [7, 11) is 0. The Morgan fingerprint density at radius 2 is 2.40 bits per heavy atom. The lowest BCUT2D eigenvalue weighted by atomic mass is 10.3. The number of nitrogens with zero attached hydrogens (tertiary/aromatic N) is 1. The Morgan fingerprint density at radius 3 is 2.80 bits per heavy atom. The summed E-state index contributed by atoms with van der Waals surface area (Å²) in [5, 5.41) is 3.47. The summed E-state index contributed by atoms with van der Waals surface area (Å²) in [6, 6.07) is 0. The summed E-state index contributed by atoms with van der Waals surface area (Å²) in [4.78, 5) is 0. The van der Waals surface area contributed by atoms with Crippen LogP contribution in [0, 0.1) is 0 Å². The zero-order valence-electron chi connectivity index (χ0n) is 5.21. The molecule has 0 bridgehead atoms. The molecule has 0 amide bonds. The average Bonchev–Trinajstić information content (AvgIpc) is 2.33. The van der Waals surface area contributed by atoms with Crippen molar-refractivity contribution in [1.29, 1.82) is 0 Å². The van der Waals surface area contributed by atoms with E-state index >= 15 is 0 Å². The maximum Gasteiger partial charge on any atom is 0.129 e. The molecule has 0 radical (unpaired) electrons. The Labute approximate surface area is 63.8 Å². The summed E-state index contributed by atoms with van der Waals surface area (Å²) in [6.45, 7) is -0.328. The van der Waals surface area contributed by atoms with Crippen molar-refractivity contribution in [1.82, 2.24) is 5.16 Å². The summed E-state index contributed by atoms with van der Waals surface area (Å²) in [5.41, 5.74) is 6.12. The van der Waals surface area contributed by atoms with E-state index in [9.17, 15) is 4.39 Å².